The number of halogens is 1. The van der Waals surface area contributed by atoms with Gasteiger partial charge < -0.3 is 14.6 Å². The number of nitrogens with zero attached hydrogens (tertiary/aromatic N) is 6. The first-order chi connectivity index (χ1) is 16.0. The highest BCUT2D eigenvalue weighted by molar-refractivity contribution is 7.98. The van der Waals surface area contributed by atoms with Gasteiger partial charge in [0, 0.05) is 0 Å². The Bertz CT molecular complexity index is 1310. The number of amides is 1. The maximum Gasteiger partial charge on any atom is 0.408 e. The molecule has 0 unspecified atom stereocenters. The fourth-order valence-electron chi connectivity index (χ4n) is 3.02. The summed E-state index contributed by atoms with van der Waals surface area (Å²) >= 11 is 1.39. The Hall–Kier alpha value is -3.54. The van der Waals surface area contributed by atoms with Crippen LogP contribution in [0.15, 0.2) is 46.3 Å². The molecule has 0 atom stereocenters. The Kier molecular flexibility index (Phi) is 6.26. The molecule has 34 heavy (non-hydrogen) atoms. The van der Waals surface area contributed by atoms with Crippen molar-refractivity contribution >= 4 is 28.9 Å². The van der Waals surface area contributed by atoms with Gasteiger partial charge in [0.25, 0.3) is 0 Å². The van der Waals surface area contributed by atoms with E-state index in [0.29, 0.717) is 33.8 Å². The molecule has 0 saturated carbocycles. The van der Waals surface area contributed by atoms with Gasteiger partial charge in [0.1, 0.15) is 28.3 Å². The molecule has 0 radical (unpaired) electrons. The van der Waals surface area contributed by atoms with Crippen LogP contribution in [0.3, 0.4) is 0 Å². The molecule has 1 N–H and O–H groups in total. The lowest BCUT2D eigenvalue weighted by molar-refractivity contribution is 0.0465. The molecule has 3 heterocycles. The van der Waals surface area contributed by atoms with E-state index >= 15 is 0 Å². The summed E-state index contributed by atoms with van der Waals surface area (Å²) < 4.78 is 25.6. The maximum atomic E-state index is 13.3. The van der Waals surface area contributed by atoms with E-state index in [1.165, 1.54) is 30.2 Å². The predicted molar refractivity (Wildman–Crippen MR) is 123 cm³/mol. The first kappa shape index (κ1) is 23.6. The zero-order chi connectivity index (χ0) is 24.5. The van der Waals surface area contributed by atoms with Crippen molar-refractivity contribution in [2.45, 2.75) is 56.5 Å². The standard InChI is InChI=1S/C22H24FN7O3S/c1-21(2,3)32-20(31)28-22(4,5)19-27-16(33-29-19)11-34-18-15-10-26-30(17(15)24-12-25-18)14-8-6-13(23)7-9-14/h6-10,12H,11H2,1-5H3,(H,28,31). The minimum atomic E-state index is -0.896. The Morgan fingerprint density at radius 3 is 2.62 bits per heavy atom. The molecule has 0 bridgehead atoms. The first-order valence-electron chi connectivity index (χ1n) is 10.4. The number of hydrogen-bond donors (Lipinski definition) is 1. The normalized spacial score (nSPS) is 12.2. The van der Waals surface area contributed by atoms with E-state index in [0.717, 1.165) is 5.39 Å². The number of ether oxygens (including phenoxy) is 1. The molecule has 0 fully saturated rings. The fraction of sp³-hybridized carbons (Fsp3) is 0.364. The third-order valence-corrected chi connectivity index (χ3v) is 5.56. The van der Waals surface area contributed by atoms with E-state index in [1.807, 2.05) is 0 Å². The van der Waals surface area contributed by atoms with Crippen molar-refractivity contribution in [2.75, 3.05) is 0 Å². The summed E-state index contributed by atoms with van der Waals surface area (Å²) in [5.74, 6) is 0.723. The van der Waals surface area contributed by atoms with Crippen molar-refractivity contribution in [1.29, 1.82) is 0 Å². The molecular weight excluding hydrogens is 461 g/mol. The lowest BCUT2D eigenvalue weighted by atomic mass is 10.1. The first-order valence-corrected chi connectivity index (χ1v) is 11.4. The van der Waals surface area contributed by atoms with Gasteiger partial charge in [-0.05, 0) is 58.9 Å². The maximum absolute atomic E-state index is 13.3. The minimum absolute atomic E-state index is 0.325. The van der Waals surface area contributed by atoms with Crippen LogP contribution in [0.2, 0.25) is 0 Å². The van der Waals surface area contributed by atoms with Crippen LogP contribution >= 0.6 is 11.8 Å². The van der Waals surface area contributed by atoms with Crippen molar-refractivity contribution in [3.63, 3.8) is 0 Å². The third-order valence-electron chi connectivity index (χ3n) is 4.57. The largest absolute Gasteiger partial charge is 0.444 e. The highest BCUT2D eigenvalue weighted by atomic mass is 32.2. The van der Waals surface area contributed by atoms with Crippen molar-refractivity contribution in [2.24, 2.45) is 0 Å². The SMILES string of the molecule is CC(C)(C)OC(=O)NC(C)(C)c1noc(CSc2ncnc3c2cnn3-c2ccc(F)cc2)n1. The zero-order valence-electron chi connectivity index (χ0n) is 19.4. The van der Waals surface area contributed by atoms with Crippen LogP contribution in [-0.4, -0.2) is 41.6 Å². The molecule has 0 spiro atoms. The van der Waals surface area contributed by atoms with E-state index in [2.05, 4.69) is 30.5 Å². The van der Waals surface area contributed by atoms with Crippen LogP contribution in [0.1, 0.15) is 46.3 Å². The van der Waals surface area contributed by atoms with Gasteiger partial charge in [0.15, 0.2) is 11.5 Å². The summed E-state index contributed by atoms with van der Waals surface area (Å²) in [6, 6.07) is 5.99. The third kappa shape index (κ3) is 5.33. The molecule has 0 aliphatic heterocycles. The monoisotopic (exact) mass is 485 g/mol. The van der Waals surface area contributed by atoms with E-state index in [-0.39, 0.29) is 5.82 Å². The zero-order valence-corrected chi connectivity index (χ0v) is 20.2. The molecule has 10 nitrogen and oxygen atoms in total. The number of carbonyl (C=O) groups is 1. The summed E-state index contributed by atoms with van der Waals surface area (Å²) in [4.78, 5) is 25.2. The topological polar surface area (TPSA) is 121 Å². The fourth-order valence-corrected chi connectivity index (χ4v) is 3.82. The van der Waals surface area contributed by atoms with Gasteiger partial charge in [0.2, 0.25) is 5.89 Å². The molecule has 0 aliphatic carbocycles. The summed E-state index contributed by atoms with van der Waals surface area (Å²) in [6.45, 7) is 8.89. The van der Waals surface area contributed by atoms with Crippen LogP contribution in [0.5, 0.6) is 0 Å². The van der Waals surface area contributed by atoms with E-state index < -0.39 is 17.2 Å². The van der Waals surface area contributed by atoms with E-state index in [9.17, 15) is 9.18 Å². The van der Waals surface area contributed by atoms with Crippen molar-refractivity contribution in [3.8, 4) is 5.69 Å². The highest BCUT2D eigenvalue weighted by Crippen LogP contribution is 2.28. The molecule has 178 valence electrons. The second-order valence-corrected chi connectivity index (χ2v) is 9.97. The predicted octanol–water partition coefficient (Wildman–Crippen LogP) is 4.39. The highest BCUT2D eigenvalue weighted by Gasteiger charge is 2.31. The Labute approximate surface area is 199 Å². The Morgan fingerprint density at radius 2 is 1.91 bits per heavy atom. The molecule has 4 rings (SSSR count). The molecule has 1 aromatic carbocycles. The number of alkyl carbamates (subject to hydrolysis) is 1. The minimum Gasteiger partial charge on any atom is -0.444 e. The van der Waals surface area contributed by atoms with E-state index in [1.54, 1.807) is 57.6 Å². The summed E-state index contributed by atoms with van der Waals surface area (Å²) in [5, 5.41) is 12.6. The number of fused-ring (bicyclic) bond motifs is 1. The van der Waals surface area contributed by atoms with Gasteiger partial charge in [-0.2, -0.15) is 10.1 Å². The number of carbonyl (C=O) groups excluding carboxylic acids is 1. The molecular formula is C22H24FN7O3S. The van der Waals surface area contributed by atoms with Crippen LogP contribution in [-0.2, 0) is 16.0 Å². The number of nitrogens with one attached hydrogen (secondary N) is 1. The molecule has 1 amide bonds. The molecule has 0 aliphatic rings. The Morgan fingerprint density at radius 1 is 1.18 bits per heavy atom. The number of benzene rings is 1. The molecule has 4 aromatic rings. The van der Waals surface area contributed by atoms with Crippen LogP contribution in [0.25, 0.3) is 16.7 Å². The second-order valence-electron chi connectivity index (χ2n) is 9.00. The van der Waals surface area contributed by atoms with Gasteiger partial charge in [-0.15, -0.1) is 0 Å². The molecule has 12 heteroatoms. The van der Waals surface area contributed by atoms with Gasteiger partial charge in [-0.1, -0.05) is 16.9 Å². The number of rotatable bonds is 6. The summed E-state index contributed by atoms with van der Waals surface area (Å²) in [5.41, 5.74) is -0.231. The van der Waals surface area contributed by atoms with Crippen LogP contribution in [0.4, 0.5) is 9.18 Å². The second kappa shape index (κ2) is 9.01. The lowest BCUT2D eigenvalue weighted by Crippen LogP contribution is -2.44. The summed E-state index contributed by atoms with van der Waals surface area (Å²) in [7, 11) is 0. The van der Waals surface area contributed by atoms with Gasteiger partial charge in [-0.3, -0.25) is 0 Å². The average Bonchev–Trinajstić information content (AvgIpc) is 3.39. The summed E-state index contributed by atoms with van der Waals surface area (Å²) in [6.07, 6.45) is 2.54. The van der Waals surface area contributed by atoms with Gasteiger partial charge >= 0.3 is 6.09 Å². The van der Waals surface area contributed by atoms with Crippen molar-refractivity contribution in [1.82, 2.24) is 35.2 Å². The lowest BCUT2D eigenvalue weighted by Gasteiger charge is -2.26. The molecule has 0 saturated heterocycles. The van der Waals surface area contributed by atoms with E-state index in [4.69, 9.17) is 9.26 Å². The molecule has 3 aromatic heterocycles. The Balaban J connectivity index is 1.47. The number of aromatic nitrogens is 6. The van der Waals surface area contributed by atoms with Crippen molar-refractivity contribution < 1.29 is 18.4 Å². The van der Waals surface area contributed by atoms with Gasteiger partial charge in [0.05, 0.1) is 23.0 Å². The number of thioether (sulfide) groups is 1. The number of hydrogen-bond acceptors (Lipinski definition) is 9. The quantitative estimate of drug-likeness (QED) is 0.313. The van der Waals surface area contributed by atoms with Crippen LogP contribution in [0, 0.1) is 5.82 Å². The van der Waals surface area contributed by atoms with Gasteiger partial charge in [-0.25, -0.2) is 23.8 Å². The van der Waals surface area contributed by atoms with Crippen LogP contribution < -0.4 is 5.32 Å². The van der Waals surface area contributed by atoms with Crippen molar-refractivity contribution in [3.05, 3.63) is 54.3 Å². The smallest absolute Gasteiger partial charge is 0.408 e. The average molecular weight is 486 g/mol.